The van der Waals surface area contributed by atoms with E-state index in [-0.39, 0.29) is 29.5 Å². The van der Waals surface area contributed by atoms with Crippen LogP contribution in [0, 0.1) is 0 Å². The first kappa shape index (κ1) is 20.7. The molecular formula is C18H16ClF3N4O3. The number of nitrogens with one attached hydrogen (secondary N) is 1. The molecule has 29 heavy (non-hydrogen) atoms. The minimum atomic E-state index is -4.62. The summed E-state index contributed by atoms with van der Waals surface area (Å²) in [5.74, 6) is 0.685. The summed E-state index contributed by atoms with van der Waals surface area (Å²) >= 11 is 5.81. The minimum absolute atomic E-state index is 0.0992. The number of hydrogen-bond acceptors (Lipinski definition) is 5. The van der Waals surface area contributed by atoms with Crippen LogP contribution in [0.2, 0.25) is 5.02 Å². The molecule has 0 unspecified atom stereocenters. The Hall–Kier alpha value is -3.01. The summed E-state index contributed by atoms with van der Waals surface area (Å²) in [4.78, 5) is 12.4. The van der Waals surface area contributed by atoms with E-state index >= 15 is 0 Å². The lowest BCUT2D eigenvalue weighted by Gasteiger charge is -2.11. The Labute approximate surface area is 168 Å². The van der Waals surface area contributed by atoms with Crippen molar-refractivity contribution in [2.45, 2.75) is 12.6 Å². The highest BCUT2D eigenvalue weighted by Gasteiger charge is 2.35. The van der Waals surface area contributed by atoms with Crippen LogP contribution in [-0.4, -0.2) is 41.3 Å². The van der Waals surface area contributed by atoms with Crippen LogP contribution in [-0.2, 0) is 12.6 Å². The molecule has 2 aromatic heterocycles. The van der Waals surface area contributed by atoms with Crippen LogP contribution in [0.15, 0.2) is 30.5 Å². The SMILES string of the molecule is COc1ccc(C(=O)NCCc2nnc3c(C(F)(F)F)cc(Cl)cn23)c(OC)c1. The van der Waals surface area contributed by atoms with Gasteiger partial charge in [0, 0.05) is 25.2 Å². The topological polar surface area (TPSA) is 77.8 Å². The number of rotatable bonds is 6. The van der Waals surface area contributed by atoms with E-state index in [2.05, 4.69) is 15.5 Å². The monoisotopic (exact) mass is 428 g/mol. The minimum Gasteiger partial charge on any atom is -0.497 e. The molecule has 0 bridgehead atoms. The number of methoxy groups -OCH3 is 2. The number of carbonyl (C=O) groups excluding carboxylic acids is 1. The molecule has 1 N–H and O–H groups in total. The molecule has 1 amide bonds. The van der Waals surface area contributed by atoms with E-state index in [1.807, 2.05) is 0 Å². The number of pyridine rings is 1. The van der Waals surface area contributed by atoms with Crippen LogP contribution >= 0.6 is 11.6 Å². The first-order valence-corrected chi connectivity index (χ1v) is 8.73. The summed E-state index contributed by atoms with van der Waals surface area (Å²) in [6.45, 7) is 0.114. The van der Waals surface area contributed by atoms with E-state index < -0.39 is 17.6 Å². The Kier molecular flexibility index (Phi) is 5.83. The van der Waals surface area contributed by atoms with E-state index in [1.54, 1.807) is 18.2 Å². The summed E-state index contributed by atoms with van der Waals surface area (Å²) in [5, 5.41) is 9.99. The lowest BCUT2D eigenvalue weighted by molar-refractivity contribution is -0.136. The molecule has 0 saturated heterocycles. The largest absolute Gasteiger partial charge is 0.497 e. The van der Waals surface area contributed by atoms with Gasteiger partial charge >= 0.3 is 6.18 Å². The van der Waals surface area contributed by atoms with Crippen LogP contribution in [0.1, 0.15) is 21.7 Å². The fourth-order valence-electron chi connectivity index (χ4n) is 2.75. The summed E-state index contributed by atoms with van der Waals surface area (Å²) in [5.41, 5.74) is -1.03. The average Bonchev–Trinajstić information content (AvgIpc) is 3.08. The van der Waals surface area contributed by atoms with Gasteiger partial charge in [-0.1, -0.05) is 11.6 Å². The second-order valence-electron chi connectivity index (χ2n) is 5.95. The van der Waals surface area contributed by atoms with E-state index in [0.29, 0.717) is 17.1 Å². The number of hydrogen-bond donors (Lipinski definition) is 1. The van der Waals surface area contributed by atoms with Crippen molar-refractivity contribution < 1.29 is 27.4 Å². The van der Waals surface area contributed by atoms with Crippen LogP contribution in [0.4, 0.5) is 13.2 Å². The van der Waals surface area contributed by atoms with Gasteiger partial charge in [-0.2, -0.15) is 13.2 Å². The first-order chi connectivity index (χ1) is 13.7. The number of aromatic nitrogens is 3. The van der Waals surface area contributed by atoms with Gasteiger partial charge in [0.25, 0.3) is 5.91 Å². The Morgan fingerprint density at radius 2 is 1.97 bits per heavy atom. The van der Waals surface area contributed by atoms with Gasteiger partial charge in [0.15, 0.2) is 5.65 Å². The fraction of sp³-hybridized carbons (Fsp3) is 0.278. The Morgan fingerprint density at radius 1 is 1.21 bits per heavy atom. The van der Waals surface area contributed by atoms with Gasteiger partial charge in [0.1, 0.15) is 22.9 Å². The maximum Gasteiger partial charge on any atom is 0.420 e. The third kappa shape index (κ3) is 4.37. The molecule has 3 aromatic rings. The van der Waals surface area contributed by atoms with Gasteiger partial charge in [0.2, 0.25) is 0 Å². The molecule has 11 heteroatoms. The number of alkyl halides is 3. The Morgan fingerprint density at radius 3 is 2.62 bits per heavy atom. The van der Waals surface area contributed by atoms with E-state index in [1.165, 1.54) is 24.8 Å². The van der Waals surface area contributed by atoms with Gasteiger partial charge < -0.3 is 14.8 Å². The Bertz CT molecular complexity index is 1050. The number of amides is 1. The van der Waals surface area contributed by atoms with Gasteiger partial charge in [-0.15, -0.1) is 10.2 Å². The van der Waals surface area contributed by atoms with Gasteiger partial charge in [0.05, 0.1) is 24.8 Å². The molecule has 0 aliphatic rings. The first-order valence-electron chi connectivity index (χ1n) is 8.35. The molecule has 0 spiro atoms. The number of ether oxygens (including phenoxy) is 2. The van der Waals surface area contributed by atoms with Crippen LogP contribution < -0.4 is 14.8 Å². The molecular weight excluding hydrogens is 413 g/mol. The van der Waals surface area contributed by atoms with Gasteiger partial charge in [-0.25, -0.2) is 0 Å². The second-order valence-corrected chi connectivity index (χ2v) is 6.39. The highest BCUT2D eigenvalue weighted by atomic mass is 35.5. The number of nitrogens with zero attached hydrogens (tertiary/aromatic N) is 3. The lowest BCUT2D eigenvalue weighted by atomic mass is 10.1. The number of fused-ring (bicyclic) bond motifs is 1. The number of carbonyl (C=O) groups is 1. The lowest BCUT2D eigenvalue weighted by Crippen LogP contribution is -2.26. The molecule has 7 nitrogen and oxygen atoms in total. The van der Waals surface area contributed by atoms with Crippen molar-refractivity contribution in [3.8, 4) is 11.5 Å². The predicted octanol–water partition coefficient (Wildman–Crippen LogP) is 3.39. The fourth-order valence-corrected chi connectivity index (χ4v) is 2.96. The summed E-state index contributed by atoms with van der Waals surface area (Å²) in [7, 11) is 2.92. The van der Waals surface area contributed by atoms with Crippen LogP contribution in [0.25, 0.3) is 5.65 Å². The zero-order chi connectivity index (χ0) is 21.2. The molecule has 1 aromatic carbocycles. The molecule has 3 rings (SSSR count). The van der Waals surface area contributed by atoms with Crippen molar-refractivity contribution in [3.63, 3.8) is 0 Å². The molecule has 2 heterocycles. The molecule has 0 fully saturated rings. The molecule has 0 atom stereocenters. The molecule has 154 valence electrons. The van der Waals surface area contributed by atoms with Crippen molar-refractivity contribution >= 4 is 23.2 Å². The molecule has 0 aliphatic heterocycles. The smallest absolute Gasteiger partial charge is 0.420 e. The normalized spacial score (nSPS) is 11.5. The maximum atomic E-state index is 13.2. The quantitative estimate of drug-likeness (QED) is 0.651. The Balaban J connectivity index is 1.75. The number of benzene rings is 1. The number of halogens is 4. The summed E-state index contributed by atoms with van der Waals surface area (Å²) in [6, 6.07) is 5.54. The van der Waals surface area contributed by atoms with Crippen molar-refractivity contribution in [1.82, 2.24) is 19.9 Å². The van der Waals surface area contributed by atoms with E-state index in [0.717, 1.165) is 6.07 Å². The standard InChI is InChI=1S/C18H16ClF3N4O3/c1-28-11-3-4-12(14(8-11)29-2)17(27)23-6-5-15-24-25-16-13(18(20,21)22)7-10(19)9-26(15)16/h3-4,7-9H,5-6H2,1-2H3,(H,23,27). The summed E-state index contributed by atoms with van der Waals surface area (Å²) < 4.78 is 50.9. The highest BCUT2D eigenvalue weighted by molar-refractivity contribution is 6.30. The third-order valence-corrected chi connectivity index (χ3v) is 4.34. The molecule has 0 radical (unpaired) electrons. The van der Waals surface area contributed by atoms with Gasteiger partial charge in [-0.05, 0) is 18.2 Å². The zero-order valence-electron chi connectivity index (χ0n) is 15.4. The van der Waals surface area contributed by atoms with E-state index in [4.69, 9.17) is 21.1 Å². The van der Waals surface area contributed by atoms with Crippen molar-refractivity contribution in [1.29, 1.82) is 0 Å². The summed E-state index contributed by atoms with van der Waals surface area (Å²) in [6.07, 6.45) is -3.17. The highest BCUT2D eigenvalue weighted by Crippen LogP contribution is 2.33. The third-order valence-electron chi connectivity index (χ3n) is 4.13. The van der Waals surface area contributed by atoms with Crippen LogP contribution in [0.5, 0.6) is 11.5 Å². The predicted molar refractivity (Wildman–Crippen MR) is 98.6 cm³/mol. The van der Waals surface area contributed by atoms with Crippen molar-refractivity contribution in [2.75, 3.05) is 20.8 Å². The molecule has 0 saturated carbocycles. The van der Waals surface area contributed by atoms with Crippen molar-refractivity contribution in [2.24, 2.45) is 0 Å². The average molecular weight is 429 g/mol. The van der Waals surface area contributed by atoms with Gasteiger partial charge in [-0.3, -0.25) is 9.20 Å². The second kappa shape index (κ2) is 8.16. The van der Waals surface area contributed by atoms with E-state index in [9.17, 15) is 18.0 Å². The zero-order valence-corrected chi connectivity index (χ0v) is 16.1. The van der Waals surface area contributed by atoms with Crippen molar-refractivity contribution in [3.05, 3.63) is 52.4 Å². The van der Waals surface area contributed by atoms with Crippen LogP contribution in [0.3, 0.4) is 0 Å². The molecule has 0 aliphatic carbocycles. The maximum absolute atomic E-state index is 13.2.